The first-order chi connectivity index (χ1) is 21.4. The van der Waals surface area contributed by atoms with E-state index in [0.717, 1.165) is 11.8 Å². The van der Waals surface area contributed by atoms with Crippen LogP contribution < -0.4 is 15.4 Å². The van der Waals surface area contributed by atoms with Crippen molar-refractivity contribution in [3.8, 4) is 5.75 Å². The molecular formula is C33H41F3N4O6. The van der Waals surface area contributed by atoms with Gasteiger partial charge in [-0.3, -0.25) is 14.5 Å². The Morgan fingerprint density at radius 3 is 2.22 bits per heavy atom. The van der Waals surface area contributed by atoms with Crippen molar-refractivity contribution < 1.29 is 41.8 Å². The molecule has 1 heterocycles. The van der Waals surface area contributed by atoms with Crippen LogP contribution in [0.2, 0.25) is 0 Å². The molecule has 0 saturated heterocycles. The molecule has 0 radical (unpaired) electrons. The van der Waals surface area contributed by atoms with Crippen molar-refractivity contribution >= 4 is 35.1 Å². The molecule has 0 atom stereocenters. The number of benzene rings is 2. The van der Waals surface area contributed by atoms with E-state index in [9.17, 15) is 27.6 Å². The number of esters is 1. The van der Waals surface area contributed by atoms with Gasteiger partial charge < -0.3 is 24.8 Å². The maximum atomic E-state index is 13.9. The lowest BCUT2D eigenvalue weighted by molar-refractivity contribution is -0.155. The summed E-state index contributed by atoms with van der Waals surface area (Å²) in [6.45, 7) is 9.66. The topological polar surface area (TPSA) is 124 Å². The fourth-order valence-electron chi connectivity index (χ4n) is 4.46. The molecule has 1 aliphatic rings. The van der Waals surface area contributed by atoms with Crippen molar-refractivity contribution in [1.29, 1.82) is 0 Å². The Balaban J connectivity index is 1.72. The number of hydrogen-bond acceptors (Lipinski definition) is 8. The first-order valence-electron chi connectivity index (χ1n) is 14.7. The molecule has 0 aromatic heterocycles. The largest absolute Gasteiger partial charge is 0.489 e. The lowest BCUT2D eigenvalue weighted by Crippen LogP contribution is -2.45. The number of carbonyl (C=O) groups excluding carboxylic acids is 3. The van der Waals surface area contributed by atoms with Gasteiger partial charge in [-0.15, -0.1) is 0 Å². The van der Waals surface area contributed by atoms with Gasteiger partial charge in [0.2, 0.25) is 5.91 Å². The van der Waals surface area contributed by atoms with Crippen molar-refractivity contribution in [2.45, 2.75) is 71.8 Å². The summed E-state index contributed by atoms with van der Waals surface area (Å²) >= 11 is 0. The molecule has 46 heavy (non-hydrogen) atoms. The second kappa shape index (κ2) is 14.7. The summed E-state index contributed by atoms with van der Waals surface area (Å²) in [5.74, 6) is -0.641. The molecule has 0 fully saturated rings. The van der Waals surface area contributed by atoms with Gasteiger partial charge in [0.15, 0.2) is 5.71 Å². The molecule has 0 saturated carbocycles. The maximum absolute atomic E-state index is 13.9. The van der Waals surface area contributed by atoms with Crippen LogP contribution >= 0.6 is 0 Å². The molecule has 2 aromatic carbocycles. The molecule has 0 bridgehead atoms. The van der Waals surface area contributed by atoms with Crippen LogP contribution in [0.3, 0.4) is 0 Å². The highest BCUT2D eigenvalue weighted by Gasteiger charge is 2.38. The summed E-state index contributed by atoms with van der Waals surface area (Å²) in [4.78, 5) is 45.1. The van der Waals surface area contributed by atoms with E-state index in [2.05, 4.69) is 4.99 Å². The van der Waals surface area contributed by atoms with E-state index in [1.54, 1.807) is 71.9 Å². The third-order valence-electron chi connectivity index (χ3n) is 6.40. The molecule has 3 rings (SSSR count). The Morgan fingerprint density at radius 1 is 0.978 bits per heavy atom. The fraction of sp³-hybridized carbons (Fsp3) is 0.455. The van der Waals surface area contributed by atoms with Crippen LogP contribution in [-0.4, -0.2) is 72.2 Å². The van der Waals surface area contributed by atoms with Crippen molar-refractivity contribution in [1.82, 2.24) is 4.90 Å². The van der Waals surface area contributed by atoms with Crippen molar-refractivity contribution in [2.75, 3.05) is 31.1 Å². The first kappa shape index (κ1) is 35.9. The van der Waals surface area contributed by atoms with Gasteiger partial charge in [-0.1, -0.05) is 18.2 Å². The number of halogens is 3. The summed E-state index contributed by atoms with van der Waals surface area (Å²) in [6.07, 6.45) is -4.38. The summed E-state index contributed by atoms with van der Waals surface area (Å²) in [5, 5.41) is 0. The maximum Gasteiger partial charge on any atom is 0.433 e. The Bertz CT molecular complexity index is 1460. The molecule has 0 aliphatic carbocycles. The number of aliphatic imine (C=N–C) groups is 1. The second-order valence-electron chi connectivity index (χ2n) is 12.6. The molecule has 1 aliphatic heterocycles. The SMILES string of the molecule is CC(C)(C)OC(=O)CCN(CC(=O)N1CCc2cc(OCC(=CN)C(=Nc3ccccc3)C(F)(F)F)ccc21)C(=O)OC(C)(C)C. The quantitative estimate of drug-likeness (QED) is 0.244. The third-order valence-corrected chi connectivity index (χ3v) is 6.40. The minimum Gasteiger partial charge on any atom is -0.489 e. The van der Waals surface area contributed by atoms with Crippen molar-refractivity contribution in [3.63, 3.8) is 0 Å². The normalized spacial score (nSPS) is 14.1. The smallest absolute Gasteiger partial charge is 0.433 e. The first-order valence-corrected chi connectivity index (χ1v) is 14.7. The highest BCUT2D eigenvalue weighted by Crippen LogP contribution is 2.32. The number of nitrogens with zero attached hydrogens (tertiary/aromatic N) is 3. The predicted octanol–water partition coefficient (Wildman–Crippen LogP) is 6.10. The summed E-state index contributed by atoms with van der Waals surface area (Å²) < 4.78 is 58.1. The highest BCUT2D eigenvalue weighted by molar-refractivity contribution is 6.05. The van der Waals surface area contributed by atoms with E-state index in [0.29, 0.717) is 18.7 Å². The van der Waals surface area contributed by atoms with E-state index in [-0.39, 0.29) is 36.5 Å². The number of anilines is 1. The highest BCUT2D eigenvalue weighted by atomic mass is 19.4. The number of ether oxygens (including phenoxy) is 3. The van der Waals surface area contributed by atoms with Crippen LogP contribution in [0, 0.1) is 0 Å². The van der Waals surface area contributed by atoms with Crippen molar-refractivity contribution in [3.05, 3.63) is 65.9 Å². The zero-order chi connectivity index (χ0) is 34.3. The van der Waals surface area contributed by atoms with Crippen LogP contribution in [0.25, 0.3) is 0 Å². The molecule has 10 nitrogen and oxygen atoms in total. The number of fused-ring (bicyclic) bond motifs is 1. The number of rotatable bonds is 10. The zero-order valence-corrected chi connectivity index (χ0v) is 26.9. The van der Waals surface area contributed by atoms with Crippen LogP contribution in [-0.2, 0) is 25.5 Å². The molecular weight excluding hydrogens is 605 g/mol. The minimum absolute atomic E-state index is 0.0898. The average molecular weight is 647 g/mol. The summed E-state index contributed by atoms with van der Waals surface area (Å²) in [7, 11) is 0. The van der Waals surface area contributed by atoms with E-state index in [1.165, 1.54) is 28.0 Å². The Kier molecular flexibility index (Phi) is 11.5. The minimum atomic E-state index is -4.77. The molecule has 2 amide bonds. The lowest BCUT2D eigenvalue weighted by atomic mass is 10.1. The number of amides is 2. The molecule has 2 aromatic rings. The van der Waals surface area contributed by atoms with Gasteiger partial charge >= 0.3 is 18.2 Å². The van der Waals surface area contributed by atoms with Crippen LogP contribution in [0.15, 0.2) is 65.3 Å². The molecule has 250 valence electrons. The molecule has 0 spiro atoms. The molecule has 13 heteroatoms. The van der Waals surface area contributed by atoms with E-state index in [4.69, 9.17) is 19.9 Å². The standard InChI is InChI=1S/C33H41F3N4O6/c1-31(2,3)45-28(42)15-16-39(30(43)46-32(4,5)6)20-27(41)40-17-14-22-18-25(12-13-26(22)40)44-21-23(19-37)29(33(34,35)36)38-24-10-8-7-9-11-24/h7-13,18-19H,14-17,20-21,37H2,1-6H3. The molecule has 2 N–H and O–H groups in total. The summed E-state index contributed by atoms with van der Waals surface area (Å²) in [6, 6.07) is 12.5. The number of carbonyl (C=O) groups is 3. The fourth-order valence-corrected chi connectivity index (χ4v) is 4.46. The van der Waals surface area contributed by atoms with Gasteiger partial charge in [0.1, 0.15) is 30.1 Å². The van der Waals surface area contributed by atoms with E-state index >= 15 is 0 Å². The monoisotopic (exact) mass is 646 g/mol. The Labute approximate surface area is 267 Å². The number of hydrogen-bond donors (Lipinski definition) is 1. The van der Waals surface area contributed by atoms with Gasteiger partial charge in [-0.25, -0.2) is 9.79 Å². The van der Waals surface area contributed by atoms with E-state index in [1.807, 2.05) is 0 Å². The van der Waals surface area contributed by atoms with Gasteiger partial charge in [0.05, 0.1) is 12.1 Å². The third kappa shape index (κ3) is 10.8. The van der Waals surface area contributed by atoms with Gasteiger partial charge in [0, 0.05) is 30.5 Å². The lowest BCUT2D eigenvalue weighted by Gasteiger charge is -2.29. The Morgan fingerprint density at radius 2 is 1.63 bits per heavy atom. The number of para-hydroxylation sites is 1. The Hall–Kier alpha value is -4.55. The number of alkyl halides is 3. The predicted molar refractivity (Wildman–Crippen MR) is 168 cm³/mol. The molecule has 0 unspecified atom stereocenters. The second-order valence-corrected chi connectivity index (χ2v) is 12.6. The summed E-state index contributed by atoms with van der Waals surface area (Å²) in [5.41, 5.74) is 3.94. The van der Waals surface area contributed by atoms with Crippen LogP contribution in [0.4, 0.5) is 29.3 Å². The van der Waals surface area contributed by atoms with Crippen LogP contribution in [0.5, 0.6) is 5.75 Å². The number of nitrogens with two attached hydrogens (primary N) is 1. The van der Waals surface area contributed by atoms with Crippen molar-refractivity contribution in [2.24, 2.45) is 10.7 Å². The van der Waals surface area contributed by atoms with Gasteiger partial charge in [-0.2, -0.15) is 13.2 Å². The average Bonchev–Trinajstić information content (AvgIpc) is 3.36. The van der Waals surface area contributed by atoms with Gasteiger partial charge in [-0.05, 0) is 83.9 Å². The van der Waals surface area contributed by atoms with Gasteiger partial charge in [0.25, 0.3) is 0 Å². The zero-order valence-electron chi connectivity index (χ0n) is 26.9. The van der Waals surface area contributed by atoms with E-state index < -0.39 is 47.7 Å². The van der Waals surface area contributed by atoms with Crippen LogP contribution in [0.1, 0.15) is 53.5 Å².